The Labute approximate surface area is 158 Å². The summed E-state index contributed by atoms with van der Waals surface area (Å²) in [6.45, 7) is 0.423. The van der Waals surface area contributed by atoms with Gasteiger partial charge >= 0.3 is 6.03 Å². The van der Waals surface area contributed by atoms with Crippen molar-refractivity contribution in [2.75, 3.05) is 7.11 Å². The molecule has 0 saturated carbocycles. The predicted octanol–water partition coefficient (Wildman–Crippen LogP) is 3.06. The van der Waals surface area contributed by atoms with Gasteiger partial charge in [-0.3, -0.25) is 10.1 Å². The zero-order valence-corrected chi connectivity index (χ0v) is 15.5. The molecule has 0 radical (unpaired) electrons. The Hall–Kier alpha value is -2.55. The lowest BCUT2D eigenvalue weighted by atomic mass is 10.1. The number of imide groups is 1. The van der Waals surface area contributed by atoms with E-state index in [1.807, 2.05) is 36.4 Å². The van der Waals surface area contributed by atoms with Crippen molar-refractivity contribution in [3.8, 4) is 11.5 Å². The molecule has 1 heterocycles. The molecule has 2 aromatic rings. The fraction of sp³-hybridized carbons (Fsp3) is 0.111. The molecular formula is C18H15IN2O4. The highest BCUT2D eigenvalue weighted by atomic mass is 127. The summed E-state index contributed by atoms with van der Waals surface area (Å²) in [5.74, 6) is 0.733. The van der Waals surface area contributed by atoms with Crippen LogP contribution in [0.5, 0.6) is 11.5 Å². The van der Waals surface area contributed by atoms with E-state index in [0.29, 0.717) is 18.1 Å². The SMILES string of the molecule is COc1cc(/C=C2/NC(=O)NC2=O)cc(I)c1OCc1ccccc1. The number of ether oxygens (including phenoxy) is 2. The molecule has 0 atom stereocenters. The van der Waals surface area contributed by atoms with Gasteiger partial charge in [0.1, 0.15) is 12.3 Å². The van der Waals surface area contributed by atoms with E-state index in [4.69, 9.17) is 9.47 Å². The minimum atomic E-state index is -0.527. The Morgan fingerprint density at radius 1 is 1.12 bits per heavy atom. The summed E-state index contributed by atoms with van der Waals surface area (Å²) in [4.78, 5) is 22.8. The van der Waals surface area contributed by atoms with Crippen molar-refractivity contribution in [1.29, 1.82) is 0 Å². The third-order valence-corrected chi connectivity index (χ3v) is 4.31. The van der Waals surface area contributed by atoms with Crippen LogP contribution in [0.25, 0.3) is 6.08 Å². The monoisotopic (exact) mass is 450 g/mol. The highest BCUT2D eigenvalue weighted by Crippen LogP contribution is 2.35. The molecule has 1 aliphatic heterocycles. The molecule has 0 aliphatic carbocycles. The molecule has 25 heavy (non-hydrogen) atoms. The predicted molar refractivity (Wildman–Crippen MR) is 101 cm³/mol. The second kappa shape index (κ2) is 7.56. The van der Waals surface area contributed by atoms with Gasteiger partial charge in [0.15, 0.2) is 11.5 Å². The molecule has 0 aromatic heterocycles. The lowest BCUT2D eigenvalue weighted by Gasteiger charge is -2.14. The Morgan fingerprint density at radius 2 is 1.88 bits per heavy atom. The summed E-state index contributed by atoms with van der Waals surface area (Å²) >= 11 is 2.15. The molecule has 1 fully saturated rings. The highest BCUT2D eigenvalue weighted by Gasteiger charge is 2.23. The van der Waals surface area contributed by atoms with Crippen molar-refractivity contribution in [3.05, 3.63) is 62.9 Å². The number of carbonyl (C=O) groups is 2. The molecule has 1 saturated heterocycles. The van der Waals surface area contributed by atoms with Crippen LogP contribution in [0.2, 0.25) is 0 Å². The van der Waals surface area contributed by atoms with Gasteiger partial charge in [-0.05, 0) is 51.9 Å². The number of halogens is 1. The lowest BCUT2D eigenvalue weighted by molar-refractivity contribution is -0.115. The summed E-state index contributed by atoms with van der Waals surface area (Å²) in [7, 11) is 1.56. The summed E-state index contributed by atoms with van der Waals surface area (Å²) in [6, 6.07) is 12.9. The standard InChI is InChI=1S/C18H15IN2O4/c1-24-15-9-12(8-14-17(22)21-18(23)20-14)7-13(19)16(15)25-10-11-5-3-2-4-6-11/h2-9H,10H2,1H3,(H2,20,21,22,23)/b14-8+. The van der Waals surface area contributed by atoms with Crippen LogP contribution in [0.3, 0.4) is 0 Å². The number of carbonyl (C=O) groups excluding carboxylic acids is 2. The molecule has 0 unspecified atom stereocenters. The summed E-state index contributed by atoms with van der Waals surface area (Å²) in [5, 5.41) is 4.62. The van der Waals surface area contributed by atoms with Gasteiger partial charge in [-0.15, -0.1) is 0 Å². The van der Waals surface area contributed by atoms with Crippen molar-refractivity contribution in [2.45, 2.75) is 6.61 Å². The highest BCUT2D eigenvalue weighted by molar-refractivity contribution is 14.1. The molecule has 1 aliphatic rings. The molecule has 0 bridgehead atoms. The van der Waals surface area contributed by atoms with Crippen LogP contribution in [0, 0.1) is 3.57 Å². The zero-order chi connectivity index (χ0) is 17.8. The van der Waals surface area contributed by atoms with Crippen molar-refractivity contribution in [2.24, 2.45) is 0 Å². The fourth-order valence-corrected chi connectivity index (χ4v) is 3.12. The first-order valence-corrected chi connectivity index (χ1v) is 8.53. The first kappa shape index (κ1) is 17.3. The van der Waals surface area contributed by atoms with E-state index >= 15 is 0 Å². The molecule has 2 aromatic carbocycles. The van der Waals surface area contributed by atoms with Crippen molar-refractivity contribution in [1.82, 2.24) is 10.6 Å². The quantitative estimate of drug-likeness (QED) is 0.417. The summed E-state index contributed by atoms with van der Waals surface area (Å²) < 4.78 is 12.2. The van der Waals surface area contributed by atoms with Gasteiger partial charge in [-0.25, -0.2) is 4.79 Å². The molecular weight excluding hydrogens is 435 g/mol. The van der Waals surface area contributed by atoms with Gasteiger partial charge in [0.2, 0.25) is 0 Å². The normalized spacial score (nSPS) is 15.0. The molecule has 2 N–H and O–H groups in total. The first-order valence-electron chi connectivity index (χ1n) is 7.45. The molecule has 3 rings (SSSR count). The van der Waals surface area contributed by atoms with Gasteiger partial charge in [0, 0.05) is 0 Å². The van der Waals surface area contributed by atoms with E-state index in [2.05, 4.69) is 33.2 Å². The third kappa shape index (κ3) is 4.11. The molecule has 6 nitrogen and oxygen atoms in total. The zero-order valence-electron chi connectivity index (χ0n) is 13.3. The molecule has 7 heteroatoms. The minimum absolute atomic E-state index is 0.195. The van der Waals surface area contributed by atoms with Crippen LogP contribution in [0.4, 0.5) is 4.79 Å². The Morgan fingerprint density at radius 3 is 2.52 bits per heavy atom. The Bertz CT molecular complexity index is 850. The lowest BCUT2D eigenvalue weighted by Crippen LogP contribution is -2.22. The average molecular weight is 450 g/mol. The van der Waals surface area contributed by atoms with Gasteiger partial charge < -0.3 is 14.8 Å². The molecule has 3 amide bonds. The fourth-order valence-electron chi connectivity index (χ4n) is 2.34. The minimum Gasteiger partial charge on any atom is -0.493 e. The second-order valence-corrected chi connectivity index (χ2v) is 6.44. The van der Waals surface area contributed by atoms with Gasteiger partial charge in [-0.2, -0.15) is 0 Å². The van der Waals surface area contributed by atoms with E-state index in [1.165, 1.54) is 0 Å². The van der Waals surface area contributed by atoms with E-state index in [-0.39, 0.29) is 5.70 Å². The van der Waals surface area contributed by atoms with Crippen LogP contribution in [-0.2, 0) is 11.4 Å². The molecule has 128 valence electrons. The number of benzene rings is 2. The van der Waals surface area contributed by atoms with E-state index in [1.54, 1.807) is 19.3 Å². The van der Waals surface area contributed by atoms with Crippen LogP contribution in [-0.4, -0.2) is 19.0 Å². The Kier molecular flexibility index (Phi) is 5.22. The van der Waals surface area contributed by atoms with Gasteiger partial charge in [0.25, 0.3) is 5.91 Å². The van der Waals surface area contributed by atoms with E-state index in [9.17, 15) is 9.59 Å². The van der Waals surface area contributed by atoms with Crippen molar-refractivity contribution in [3.63, 3.8) is 0 Å². The van der Waals surface area contributed by atoms with Gasteiger partial charge in [0.05, 0.1) is 10.7 Å². The second-order valence-electron chi connectivity index (χ2n) is 5.27. The average Bonchev–Trinajstić information content (AvgIpc) is 2.91. The largest absolute Gasteiger partial charge is 0.493 e. The Balaban J connectivity index is 1.85. The number of amides is 3. The number of nitrogens with one attached hydrogen (secondary N) is 2. The third-order valence-electron chi connectivity index (χ3n) is 3.51. The van der Waals surface area contributed by atoms with Crippen LogP contribution < -0.4 is 20.1 Å². The van der Waals surface area contributed by atoms with E-state index < -0.39 is 11.9 Å². The number of urea groups is 1. The smallest absolute Gasteiger partial charge is 0.326 e. The van der Waals surface area contributed by atoms with Crippen molar-refractivity contribution >= 4 is 40.6 Å². The summed E-state index contributed by atoms with van der Waals surface area (Å²) in [5.41, 5.74) is 1.97. The number of hydrogen-bond acceptors (Lipinski definition) is 4. The number of hydrogen-bond donors (Lipinski definition) is 2. The maximum absolute atomic E-state index is 11.6. The van der Waals surface area contributed by atoms with Crippen LogP contribution in [0.1, 0.15) is 11.1 Å². The number of rotatable bonds is 5. The van der Waals surface area contributed by atoms with E-state index in [0.717, 1.165) is 14.7 Å². The first-order chi connectivity index (χ1) is 12.1. The van der Waals surface area contributed by atoms with Crippen LogP contribution in [0.15, 0.2) is 48.2 Å². The topological polar surface area (TPSA) is 76.7 Å². The maximum Gasteiger partial charge on any atom is 0.326 e. The van der Waals surface area contributed by atoms with Gasteiger partial charge in [-0.1, -0.05) is 30.3 Å². The maximum atomic E-state index is 11.6. The van der Waals surface area contributed by atoms with Crippen LogP contribution >= 0.6 is 22.6 Å². The summed E-state index contributed by atoms with van der Waals surface area (Å²) in [6.07, 6.45) is 1.59. The van der Waals surface area contributed by atoms with Crippen molar-refractivity contribution < 1.29 is 19.1 Å². The number of methoxy groups -OCH3 is 1. The molecule has 0 spiro atoms.